The summed E-state index contributed by atoms with van der Waals surface area (Å²) in [5.41, 5.74) is 9.99. The lowest BCUT2D eigenvalue weighted by atomic mass is 10.2. The van der Waals surface area contributed by atoms with Crippen LogP contribution >= 0.6 is 15.9 Å². The lowest BCUT2D eigenvalue weighted by Gasteiger charge is -2.09. The monoisotopic (exact) mass is 314 g/mol. The van der Waals surface area contributed by atoms with Crippen molar-refractivity contribution in [2.24, 2.45) is 0 Å². The van der Waals surface area contributed by atoms with Gasteiger partial charge in [-0.15, -0.1) is 0 Å². The van der Waals surface area contributed by atoms with Crippen LogP contribution in [0.2, 0.25) is 0 Å². The Balaban J connectivity index is 2.06. The number of benzene rings is 1. The fourth-order valence-corrected chi connectivity index (χ4v) is 2.20. The molecule has 5 heteroatoms. The Labute approximate surface area is 118 Å². The first-order chi connectivity index (χ1) is 9.22. The van der Waals surface area contributed by atoms with Crippen LogP contribution in [0.1, 0.15) is 0 Å². The molecule has 0 spiro atoms. The molecule has 4 nitrogen and oxygen atoms in total. The van der Waals surface area contributed by atoms with E-state index in [0.717, 1.165) is 32.6 Å². The van der Waals surface area contributed by atoms with Crippen molar-refractivity contribution >= 4 is 44.0 Å². The van der Waals surface area contributed by atoms with Crippen molar-refractivity contribution in [2.45, 2.75) is 0 Å². The summed E-state index contributed by atoms with van der Waals surface area (Å²) in [6, 6.07) is 11.4. The number of nitrogens with zero attached hydrogens (tertiary/aromatic N) is 2. The number of nitrogens with one attached hydrogen (secondary N) is 1. The number of halogens is 1. The SMILES string of the molecule is Nc1cccc(Nc2ccnc3cc(Br)cnc23)c1. The Morgan fingerprint density at radius 1 is 1.11 bits per heavy atom. The first kappa shape index (κ1) is 11.9. The third-order valence-electron chi connectivity index (χ3n) is 2.71. The average molecular weight is 315 g/mol. The minimum Gasteiger partial charge on any atom is -0.399 e. The Bertz CT molecular complexity index is 742. The van der Waals surface area contributed by atoms with Gasteiger partial charge in [0.1, 0.15) is 5.52 Å². The molecule has 94 valence electrons. The standard InChI is InChI=1S/C14H11BrN4/c15-9-6-13-14(18-8-9)12(4-5-17-13)19-11-3-1-2-10(16)7-11/h1-8H,16H2,(H,17,19). The number of fused-ring (bicyclic) bond motifs is 1. The zero-order valence-electron chi connectivity index (χ0n) is 9.97. The average Bonchev–Trinajstić information content (AvgIpc) is 2.38. The van der Waals surface area contributed by atoms with E-state index in [-0.39, 0.29) is 0 Å². The van der Waals surface area contributed by atoms with E-state index in [1.165, 1.54) is 0 Å². The number of nitrogen functional groups attached to an aromatic ring is 1. The number of rotatable bonds is 2. The van der Waals surface area contributed by atoms with Gasteiger partial charge in [-0.05, 0) is 46.3 Å². The number of hydrogen-bond donors (Lipinski definition) is 2. The normalized spacial score (nSPS) is 10.6. The molecule has 3 N–H and O–H groups in total. The summed E-state index contributed by atoms with van der Waals surface area (Å²) < 4.78 is 0.911. The molecule has 0 saturated heterocycles. The van der Waals surface area contributed by atoms with E-state index in [4.69, 9.17) is 5.73 Å². The van der Waals surface area contributed by atoms with E-state index in [9.17, 15) is 0 Å². The summed E-state index contributed by atoms with van der Waals surface area (Å²) in [7, 11) is 0. The van der Waals surface area contributed by atoms with Gasteiger partial charge in [0.25, 0.3) is 0 Å². The first-order valence-corrected chi connectivity index (χ1v) is 6.54. The summed E-state index contributed by atoms with van der Waals surface area (Å²) >= 11 is 3.39. The maximum atomic E-state index is 5.77. The van der Waals surface area contributed by atoms with E-state index >= 15 is 0 Å². The number of nitrogens with two attached hydrogens (primary N) is 1. The molecule has 1 aromatic carbocycles. The minimum absolute atomic E-state index is 0.721. The third kappa shape index (κ3) is 2.51. The summed E-state index contributed by atoms with van der Waals surface area (Å²) in [6.45, 7) is 0. The van der Waals surface area contributed by atoms with Crippen LogP contribution in [-0.4, -0.2) is 9.97 Å². The molecule has 0 amide bonds. The highest BCUT2D eigenvalue weighted by Crippen LogP contribution is 2.25. The molecule has 0 atom stereocenters. The van der Waals surface area contributed by atoms with Crippen LogP contribution in [0.15, 0.2) is 53.3 Å². The minimum atomic E-state index is 0.721. The van der Waals surface area contributed by atoms with Gasteiger partial charge in [0, 0.05) is 28.2 Å². The predicted molar refractivity (Wildman–Crippen MR) is 81.4 cm³/mol. The molecule has 0 radical (unpaired) electrons. The summed E-state index contributed by atoms with van der Waals surface area (Å²) in [5, 5.41) is 3.31. The van der Waals surface area contributed by atoms with Gasteiger partial charge >= 0.3 is 0 Å². The van der Waals surface area contributed by atoms with Crippen molar-refractivity contribution in [3.63, 3.8) is 0 Å². The molecular formula is C14H11BrN4. The summed E-state index contributed by atoms with van der Waals surface area (Å²) in [6.07, 6.45) is 3.51. The molecule has 0 bridgehead atoms. The van der Waals surface area contributed by atoms with E-state index in [1.807, 2.05) is 36.4 Å². The van der Waals surface area contributed by atoms with Crippen molar-refractivity contribution in [2.75, 3.05) is 11.1 Å². The molecule has 0 aliphatic rings. The zero-order chi connectivity index (χ0) is 13.2. The van der Waals surface area contributed by atoms with Crippen LogP contribution < -0.4 is 11.1 Å². The van der Waals surface area contributed by atoms with Gasteiger partial charge in [-0.1, -0.05) is 6.07 Å². The number of pyridine rings is 2. The molecule has 3 aromatic rings. The van der Waals surface area contributed by atoms with E-state index in [0.29, 0.717) is 0 Å². The molecule has 0 aliphatic carbocycles. The first-order valence-electron chi connectivity index (χ1n) is 5.75. The topological polar surface area (TPSA) is 63.8 Å². The van der Waals surface area contributed by atoms with Crippen LogP contribution in [0.25, 0.3) is 11.0 Å². The molecule has 19 heavy (non-hydrogen) atoms. The molecule has 2 heterocycles. The molecule has 0 aliphatic heterocycles. The molecular weight excluding hydrogens is 304 g/mol. The zero-order valence-corrected chi connectivity index (χ0v) is 11.6. The number of hydrogen-bond acceptors (Lipinski definition) is 4. The van der Waals surface area contributed by atoms with Gasteiger partial charge in [0.2, 0.25) is 0 Å². The fraction of sp³-hybridized carbons (Fsp3) is 0. The van der Waals surface area contributed by atoms with Gasteiger partial charge < -0.3 is 11.1 Å². The van der Waals surface area contributed by atoms with Gasteiger partial charge in [0.15, 0.2) is 0 Å². The second-order valence-corrected chi connectivity index (χ2v) is 5.05. The molecule has 2 aromatic heterocycles. The van der Waals surface area contributed by atoms with E-state index in [1.54, 1.807) is 12.4 Å². The van der Waals surface area contributed by atoms with Crippen molar-refractivity contribution in [3.8, 4) is 0 Å². The van der Waals surface area contributed by atoms with Crippen molar-refractivity contribution in [3.05, 3.63) is 53.3 Å². The van der Waals surface area contributed by atoms with E-state index in [2.05, 4.69) is 31.2 Å². The van der Waals surface area contributed by atoms with Gasteiger partial charge in [-0.25, -0.2) is 0 Å². The molecule has 0 fully saturated rings. The van der Waals surface area contributed by atoms with Crippen LogP contribution in [0.5, 0.6) is 0 Å². The highest BCUT2D eigenvalue weighted by atomic mass is 79.9. The number of aromatic nitrogens is 2. The highest BCUT2D eigenvalue weighted by molar-refractivity contribution is 9.10. The van der Waals surface area contributed by atoms with E-state index < -0.39 is 0 Å². The lowest BCUT2D eigenvalue weighted by molar-refractivity contribution is 1.32. The second-order valence-electron chi connectivity index (χ2n) is 4.13. The Morgan fingerprint density at radius 2 is 2.00 bits per heavy atom. The van der Waals surface area contributed by atoms with Crippen LogP contribution in [0.4, 0.5) is 17.1 Å². The Kier molecular flexibility index (Phi) is 3.05. The highest BCUT2D eigenvalue weighted by Gasteiger charge is 2.04. The quantitative estimate of drug-likeness (QED) is 0.708. The van der Waals surface area contributed by atoms with Gasteiger partial charge in [0.05, 0.1) is 11.2 Å². The Hall–Kier alpha value is -2.14. The van der Waals surface area contributed by atoms with Crippen molar-refractivity contribution in [1.82, 2.24) is 9.97 Å². The smallest absolute Gasteiger partial charge is 0.112 e. The molecule has 0 unspecified atom stereocenters. The number of anilines is 3. The van der Waals surface area contributed by atoms with Crippen LogP contribution in [0, 0.1) is 0 Å². The predicted octanol–water partition coefficient (Wildman–Crippen LogP) is 3.72. The second kappa shape index (κ2) is 4.85. The molecule has 0 saturated carbocycles. The van der Waals surface area contributed by atoms with Crippen LogP contribution in [-0.2, 0) is 0 Å². The van der Waals surface area contributed by atoms with Crippen molar-refractivity contribution in [1.29, 1.82) is 0 Å². The fourth-order valence-electron chi connectivity index (χ4n) is 1.88. The van der Waals surface area contributed by atoms with Crippen molar-refractivity contribution < 1.29 is 0 Å². The maximum Gasteiger partial charge on any atom is 0.112 e. The summed E-state index contributed by atoms with van der Waals surface area (Å²) in [5.74, 6) is 0. The third-order valence-corrected chi connectivity index (χ3v) is 3.14. The maximum absolute atomic E-state index is 5.77. The Morgan fingerprint density at radius 3 is 2.84 bits per heavy atom. The van der Waals surface area contributed by atoms with Gasteiger partial charge in [-0.2, -0.15) is 0 Å². The largest absolute Gasteiger partial charge is 0.399 e. The van der Waals surface area contributed by atoms with Crippen LogP contribution in [0.3, 0.4) is 0 Å². The molecule has 3 rings (SSSR count). The summed E-state index contributed by atoms with van der Waals surface area (Å²) in [4.78, 5) is 8.70. The van der Waals surface area contributed by atoms with Gasteiger partial charge in [-0.3, -0.25) is 9.97 Å². The lowest BCUT2D eigenvalue weighted by Crippen LogP contribution is -1.95.